The highest BCUT2D eigenvalue weighted by Gasteiger charge is 2.40. The summed E-state index contributed by atoms with van der Waals surface area (Å²) < 4.78 is 2.10. The topological polar surface area (TPSA) is 75.4 Å². The fourth-order valence-electron chi connectivity index (χ4n) is 4.66. The van der Waals surface area contributed by atoms with Gasteiger partial charge in [-0.2, -0.15) is 0 Å². The van der Waals surface area contributed by atoms with Gasteiger partial charge in [0.25, 0.3) is 5.91 Å². The van der Waals surface area contributed by atoms with Crippen LogP contribution in [0.5, 0.6) is 0 Å². The minimum atomic E-state index is -1.19. The number of hydrogen-bond donors (Lipinski definition) is 1. The van der Waals surface area contributed by atoms with Crippen molar-refractivity contribution in [2.75, 3.05) is 6.54 Å². The van der Waals surface area contributed by atoms with E-state index >= 15 is 0 Å². The second kappa shape index (κ2) is 6.87. The van der Waals surface area contributed by atoms with Crippen LogP contribution in [-0.4, -0.2) is 38.1 Å². The molecule has 1 atom stereocenters. The molecule has 1 aromatic heterocycles. The first kappa shape index (κ1) is 19.4. The van der Waals surface area contributed by atoms with Gasteiger partial charge in [-0.05, 0) is 60.8 Å². The predicted octanol–water partition coefficient (Wildman–Crippen LogP) is 4.24. The van der Waals surface area contributed by atoms with Crippen molar-refractivity contribution in [1.82, 2.24) is 14.5 Å². The normalized spacial score (nSPS) is 20.6. The number of rotatable bonds is 1. The number of aryl methyl sites for hydroxylation is 1. The zero-order valence-corrected chi connectivity index (χ0v) is 17.4. The summed E-state index contributed by atoms with van der Waals surface area (Å²) in [4.78, 5) is 30.1. The van der Waals surface area contributed by atoms with Crippen LogP contribution in [0.25, 0.3) is 11.8 Å². The number of aromatic nitrogens is 2. The first-order chi connectivity index (χ1) is 13.7. The number of carbonyl (C=O) groups excluding carboxylic acids is 1. The van der Waals surface area contributed by atoms with Crippen LogP contribution in [0, 0.1) is 18.3 Å². The van der Waals surface area contributed by atoms with Crippen molar-refractivity contribution < 1.29 is 14.7 Å². The molecular weight excluding hydrogens is 366 g/mol. The lowest BCUT2D eigenvalue weighted by molar-refractivity contribution is -0.128. The molecule has 0 aliphatic carbocycles. The zero-order valence-electron chi connectivity index (χ0n) is 17.4. The summed E-state index contributed by atoms with van der Waals surface area (Å²) in [5.41, 5.74) is 5.98. The minimum absolute atomic E-state index is 0.0129. The highest BCUT2D eigenvalue weighted by molar-refractivity contribution is 6.06. The molecule has 2 aromatic rings. The van der Waals surface area contributed by atoms with E-state index in [1.807, 2.05) is 18.5 Å². The van der Waals surface area contributed by atoms with Crippen molar-refractivity contribution in [3.8, 4) is 5.69 Å². The van der Waals surface area contributed by atoms with Crippen molar-refractivity contribution in [2.24, 2.45) is 11.3 Å². The highest BCUT2D eigenvalue weighted by Crippen LogP contribution is 2.40. The lowest BCUT2D eigenvalue weighted by Gasteiger charge is -2.38. The lowest BCUT2D eigenvalue weighted by Crippen LogP contribution is -2.46. The van der Waals surface area contributed by atoms with Gasteiger partial charge in [-0.15, -0.1) is 0 Å². The average molecular weight is 393 g/mol. The van der Waals surface area contributed by atoms with Gasteiger partial charge >= 0.3 is 6.09 Å². The van der Waals surface area contributed by atoms with Gasteiger partial charge in [-0.3, -0.25) is 4.79 Å². The summed E-state index contributed by atoms with van der Waals surface area (Å²) in [6.45, 7) is 8.64. The van der Waals surface area contributed by atoms with E-state index in [0.29, 0.717) is 12.0 Å². The smallest absolute Gasteiger partial charge is 0.414 e. The lowest BCUT2D eigenvalue weighted by atomic mass is 9.72. The Morgan fingerprint density at radius 2 is 2.03 bits per heavy atom. The van der Waals surface area contributed by atoms with E-state index < -0.39 is 12.0 Å². The zero-order chi connectivity index (χ0) is 20.9. The first-order valence-electron chi connectivity index (χ1n) is 10.1. The van der Waals surface area contributed by atoms with E-state index in [4.69, 9.17) is 0 Å². The molecule has 1 saturated heterocycles. The van der Waals surface area contributed by atoms with E-state index in [-0.39, 0.29) is 17.9 Å². The van der Waals surface area contributed by atoms with Crippen LogP contribution in [-0.2, 0) is 17.6 Å². The van der Waals surface area contributed by atoms with Crippen molar-refractivity contribution in [2.45, 2.75) is 47.0 Å². The molecule has 1 N–H and O–H groups in total. The molecule has 1 unspecified atom stereocenters. The molecule has 6 heteroatoms. The van der Waals surface area contributed by atoms with Crippen LogP contribution in [0.1, 0.15) is 49.7 Å². The molecule has 0 radical (unpaired) electrons. The molecule has 3 heterocycles. The van der Waals surface area contributed by atoms with Gasteiger partial charge in [0.1, 0.15) is 6.33 Å². The van der Waals surface area contributed by atoms with Crippen LogP contribution in [0.2, 0.25) is 0 Å². The summed E-state index contributed by atoms with van der Waals surface area (Å²) in [7, 11) is 0. The number of piperidine rings is 1. The molecule has 29 heavy (non-hydrogen) atoms. The third kappa shape index (κ3) is 3.26. The number of carbonyl (C=O) groups is 2. The summed E-state index contributed by atoms with van der Waals surface area (Å²) in [6, 6.07) is 6.27. The quantitative estimate of drug-likeness (QED) is 0.736. The van der Waals surface area contributed by atoms with Gasteiger partial charge in [0.15, 0.2) is 0 Å². The van der Waals surface area contributed by atoms with Gasteiger partial charge in [-0.1, -0.05) is 32.9 Å². The summed E-state index contributed by atoms with van der Waals surface area (Å²) in [5, 5.41) is 9.43. The Hall–Kier alpha value is -2.89. The number of carboxylic acid groups (broad SMARTS) is 1. The van der Waals surface area contributed by atoms with E-state index in [2.05, 4.69) is 49.4 Å². The van der Waals surface area contributed by atoms with Gasteiger partial charge < -0.3 is 9.67 Å². The van der Waals surface area contributed by atoms with E-state index in [1.54, 1.807) is 0 Å². The Morgan fingerprint density at radius 1 is 1.28 bits per heavy atom. The second-order valence-corrected chi connectivity index (χ2v) is 9.07. The summed E-state index contributed by atoms with van der Waals surface area (Å²) in [6.07, 6.45) is 4.86. The van der Waals surface area contributed by atoms with Gasteiger partial charge in [0.2, 0.25) is 0 Å². The second-order valence-electron chi connectivity index (χ2n) is 9.07. The van der Waals surface area contributed by atoms with E-state index in [1.165, 1.54) is 11.1 Å². The molecule has 2 aliphatic rings. The van der Waals surface area contributed by atoms with Crippen molar-refractivity contribution in [3.05, 3.63) is 52.6 Å². The average Bonchev–Trinajstić information content (AvgIpc) is 3.05. The maximum absolute atomic E-state index is 13.0. The van der Waals surface area contributed by atoms with Crippen molar-refractivity contribution >= 4 is 18.1 Å². The third-order valence-corrected chi connectivity index (χ3v) is 6.23. The third-order valence-electron chi connectivity index (χ3n) is 6.23. The van der Waals surface area contributed by atoms with Crippen molar-refractivity contribution in [1.29, 1.82) is 0 Å². The molecule has 6 nitrogen and oxygen atoms in total. The number of fused-ring (bicyclic) bond motifs is 3. The molecule has 152 valence electrons. The number of imidazole rings is 1. The molecule has 4 rings (SSSR count). The minimum Gasteiger partial charge on any atom is -0.465 e. The molecule has 1 aromatic carbocycles. The first-order valence-corrected chi connectivity index (χ1v) is 10.1. The number of imide groups is 1. The Morgan fingerprint density at radius 3 is 2.72 bits per heavy atom. The molecule has 2 amide bonds. The molecule has 0 bridgehead atoms. The molecule has 0 spiro atoms. The largest absolute Gasteiger partial charge is 0.465 e. The van der Waals surface area contributed by atoms with Gasteiger partial charge in [0.05, 0.1) is 17.1 Å². The van der Waals surface area contributed by atoms with Crippen LogP contribution < -0.4 is 0 Å². The Kier molecular flexibility index (Phi) is 4.60. The van der Waals surface area contributed by atoms with Gasteiger partial charge in [0, 0.05) is 12.1 Å². The summed E-state index contributed by atoms with van der Waals surface area (Å²) in [5.74, 6) is -0.432. The Labute approximate surface area is 170 Å². The molecular formula is C23H27N3O3. The molecule has 0 saturated carbocycles. The Bertz CT molecular complexity index is 1030. The van der Waals surface area contributed by atoms with Crippen LogP contribution in [0.4, 0.5) is 4.79 Å². The predicted molar refractivity (Wildman–Crippen MR) is 111 cm³/mol. The van der Waals surface area contributed by atoms with Crippen molar-refractivity contribution in [3.63, 3.8) is 0 Å². The van der Waals surface area contributed by atoms with Crippen LogP contribution >= 0.6 is 0 Å². The number of nitrogens with zero attached hydrogens (tertiary/aromatic N) is 3. The number of amides is 2. The standard InChI is InChI=1S/C23H27N3O3/c1-14-6-5-7-19-15(14)8-9-20-18(24-13-26(19)20)12-16-17(23(2,3)4)10-11-25(21(16)27)22(28)29/h5-7,12-13,17H,8-11H2,1-4H3,(H,28,29). The number of benzene rings is 1. The fourth-order valence-corrected chi connectivity index (χ4v) is 4.66. The van der Waals surface area contributed by atoms with E-state index in [9.17, 15) is 14.7 Å². The number of likely N-dealkylation sites (tertiary alicyclic amines) is 1. The van der Waals surface area contributed by atoms with E-state index in [0.717, 1.165) is 34.8 Å². The SMILES string of the molecule is Cc1cccc2c1CCc1c(C=C3C(=O)N(C(=O)O)CCC3C(C)(C)C)ncn1-2. The maximum atomic E-state index is 13.0. The summed E-state index contributed by atoms with van der Waals surface area (Å²) >= 11 is 0. The van der Waals surface area contributed by atoms with Crippen LogP contribution in [0.15, 0.2) is 30.1 Å². The molecule has 1 fully saturated rings. The maximum Gasteiger partial charge on any atom is 0.414 e. The van der Waals surface area contributed by atoms with Crippen LogP contribution in [0.3, 0.4) is 0 Å². The fraction of sp³-hybridized carbons (Fsp3) is 0.435. The molecule has 2 aliphatic heterocycles. The van der Waals surface area contributed by atoms with Gasteiger partial charge in [-0.25, -0.2) is 14.7 Å². The number of hydrogen-bond acceptors (Lipinski definition) is 3. The monoisotopic (exact) mass is 393 g/mol. The highest BCUT2D eigenvalue weighted by atomic mass is 16.4. The Balaban J connectivity index is 1.80.